The first-order valence-corrected chi connectivity index (χ1v) is 8.48. The molecule has 0 bridgehead atoms. The topological polar surface area (TPSA) is 104 Å². The molecule has 0 fully saturated rings. The minimum atomic E-state index is -0.671. The smallest absolute Gasteiger partial charge is 0.330 e. The lowest BCUT2D eigenvalue weighted by Crippen LogP contribution is -2.38. The molecule has 0 spiro atoms. The van der Waals surface area contributed by atoms with E-state index in [0.29, 0.717) is 20.1 Å². The fraction of sp³-hybridized carbons (Fsp3) is 0.308. The van der Waals surface area contributed by atoms with Crippen LogP contribution in [0.4, 0.5) is 5.13 Å². The molecule has 0 radical (unpaired) electrons. The van der Waals surface area contributed by atoms with Crippen LogP contribution in [0.25, 0.3) is 11.0 Å². The molecular formula is C13H13BrN6O3S. The second kappa shape index (κ2) is 5.98. The molecule has 0 saturated carbocycles. The Labute approximate surface area is 147 Å². The van der Waals surface area contributed by atoms with Gasteiger partial charge in [0.05, 0.1) is 5.52 Å². The second-order valence-electron chi connectivity index (χ2n) is 5.19. The van der Waals surface area contributed by atoms with E-state index in [1.165, 1.54) is 23.0 Å². The van der Waals surface area contributed by atoms with Gasteiger partial charge in [0, 0.05) is 20.3 Å². The molecule has 24 heavy (non-hydrogen) atoms. The SMILES string of the molecule is C[C@@H](C(=O)Nc1nnc(Br)s1)n1ccc2c1c(=O)n(C)c(=O)n2C. The van der Waals surface area contributed by atoms with Crippen LogP contribution in [0.2, 0.25) is 0 Å². The zero-order valence-electron chi connectivity index (χ0n) is 13.0. The Balaban J connectivity index is 2.04. The van der Waals surface area contributed by atoms with E-state index in [-0.39, 0.29) is 5.91 Å². The third-order valence-electron chi connectivity index (χ3n) is 3.76. The first-order chi connectivity index (χ1) is 11.3. The molecule has 1 amide bonds. The van der Waals surface area contributed by atoms with Gasteiger partial charge in [-0.3, -0.25) is 24.0 Å². The average molecular weight is 413 g/mol. The van der Waals surface area contributed by atoms with E-state index >= 15 is 0 Å². The summed E-state index contributed by atoms with van der Waals surface area (Å²) in [5.41, 5.74) is -0.0976. The van der Waals surface area contributed by atoms with Gasteiger partial charge in [-0.15, -0.1) is 10.2 Å². The van der Waals surface area contributed by atoms with Crippen molar-refractivity contribution in [2.75, 3.05) is 5.32 Å². The standard InChI is InChI=1S/C13H13BrN6O3S/c1-6(9(21)15-12-17-16-11(14)24-12)20-5-4-7-8(20)10(22)19(3)13(23)18(7)2/h4-6H,1-3H3,(H,15,17,21)/t6-/m0/s1. The minimum Gasteiger partial charge on any atom is -0.330 e. The Morgan fingerprint density at radius 1 is 1.29 bits per heavy atom. The number of halogens is 1. The van der Waals surface area contributed by atoms with E-state index in [4.69, 9.17) is 0 Å². The number of nitrogens with zero attached hydrogens (tertiary/aromatic N) is 5. The lowest BCUT2D eigenvalue weighted by Gasteiger charge is -2.14. The molecule has 3 rings (SSSR count). The van der Waals surface area contributed by atoms with E-state index in [2.05, 4.69) is 31.4 Å². The predicted octanol–water partition coefficient (Wildman–Crippen LogP) is 0.852. The van der Waals surface area contributed by atoms with Gasteiger partial charge in [0.25, 0.3) is 5.56 Å². The van der Waals surface area contributed by atoms with Crippen LogP contribution >= 0.6 is 27.3 Å². The Hall–Kier alpha value is -2.27. The molecule has 9 nitrogen and oxygen atoms in total. The summed E-state index contributed by atoms with van der Waals surface area (Å²) >= 11 is 4.36. The number of anilines is 1. The van der Waals surface area contributed by atoms with Gasteiger partial charge in [-0.2, -0.15) is 0 Å². The maximum absolute atomic E-state index is 12.4. The lowest BCUT2D eigenvalue weighted by atomic mass is 10.3. The summed E-state index contributed by atoms with van der Waals surface area (Å²) in [4.78, 5) is 36.8. The van der Waals surface area contributed by atoms with Gasteiger partial charge < -0.3 is 4.57 Å². The molecule has 0 unspecified atom stereocenters. The number of carbonyl (C=O) groups excluding carboxylic acids is 1. The van der Waals surface area contributed by atoms with Crippen molar-refractivity contribution in [2.24, 2.45) is 14.1 Å². The number of carbonyl (C=O) groups is 1. The molecular weight excluding hydrogens is 400 g/mol. The summed E-state index contributed by atoms with van der Waals surface area (Å²) in [6.45, 7) is 1.66. The third-order valence-corrected chi connectivity index (χ3v) is 5.03. The van der Waals surface area contributed by atoms with Gasteiger partial charge in [0.15, 0.2) is 3.92 Å². The summed E-state index contributed by atoms with van der Waals surface area (Å²) in [5, 5.41) is 10.6. The number of nitrogens with one attached hydrogen (secondary N) is 1. The number of fused-ring (bicyclic) bond motifs is 1. The molecule has 3 heterocycles. The van der Waals surface area contributed by atoms with Gasteiger partial charge >= 0.3 is 5.69 Å². The summed E-state index contributed by atoms with van der Waals surface area (Å²) < 4.78 is 4.49. The molecule has 0 aliphatic carbocycles. The van der Waals surface area contributed by atoms with Crippen LogP contribution in [-0.2, 0) is 18.9 Å². The van der Waals surface area contributed by atoms with Gasteiger partial charge in [-0.05, 0) is 28.9 Å². The molecule has 0 aliphatic heterocycles. The number of hydrogen-bond donors (Lipinski definition) is 1. The first kappa shape index (κ1) is 16.6. The van der Waals surface area contributed by atoms with E-state index in [0.717, 1.165) is 4.57 Å². The Morgan fingerprint density at radius 2 is 2.00 bits per heavy atom. The van der Waals surface area contributed by atoms with Crippen molar-refractivity contribution in [1.82, 2.24) is 23.9 Å². The number of aromatic nitrogens is 5. The minimum absolute atomic E-state index is 0.292. The number of hydrogen-bond acceptors (Lipinski definition) is 6. The molecule has 3 aromatic rings. The van der Waals surface area contributed by atoms with Crippen LogP contribution in [0.5, 0.6) is 0 Å². The van der Waals surface area contributed by atoms with Crippen LogP contribution < -0.4 is 16.6 Å². The van der Waals surface area contributed by atoms with Crippen molar-refractivity contribution < 1.29 is 4.79 Å². The molecule has 11 heteroatoms. The van der Waals surface area contributed by atoms with Crippen molar-refractivity contribution in [1.29, 1.82) is 0 Å². The van der Waals surface area contributed by atoms with Crippen molar-refractivity contribution in [3.63, 3.8) is 0 Å². The maximum Gasteiger partial charge on any atom is 0.331 e. The number of aryl methyl sites for hydroxylation is 1. The van der Waals surface area contributed by atoms with Crippen molar-refractivity contribution in [3.05, 3.63) is 37.0 Å². The van der Waals surface area contributed by atoms with E-state index in [9.17, 15) is 14.4 Å². The molecule has 0 aliphatic rings. The average Bonchev–Trinajstić information content (AvgIpc) is 3.16. The van der Waals surface area contributed by atoms with Crippen LogP contribution in [-0.4, -0.2) is 29.8 Å². The summed E-state index contributed by atoms with van der Waals surface area (Å²) in [6.07, 6.45) is 1.62. The summed E-state index contributed by atoms with van der Waals surface area (Å²) in [7, 11) is 2.99. The van der Waals surface area contributed by atoms with Crippen LogP contribution in [0.15, 0.2) is 25.8 Å². The molecule has 3 aromatic heterocycles. The fourth-order valence-corrected chi connectivity index (χ4v) is 3.43. The van der Waals surface area contributed by atoms with E-state index < -0.39 is 17.3 Å². The third kappa shape index (κ3) is 2.59. The van der Waals surface area contributed by atoms with Gasteiger partial charge in [0.2, 0.25) is 11.0 Å². The summed E-state index contributed by atoms with van der Waals surface area (Å²) in [5.74, 6) is -0.341. The second-order valence-corrected chi connectivity index (χ2v) is 7.44. The van der Waals surface area contributed by atoms with Crippen LogP contribution in [0.1, 0.15) is 13.0 Å². The van der Waals surface area contributed by atoms with Crippen molar-refractivity contribution in [2.45, 2.75) is 13.0 Å². The Bertz CT molecular complexity index is 1060. The predicted molar refractivity (Wildman–Crippen MR) is 93.4 cm³/mol. The lowest BCUT2D eigenvalue weighted by molar-refractivity contribution is -0.118. The number of amides is 1. The zero-order valence-corrected chi connectivity index (χ0v) is 15.4. The Kier molecular flexibility index (Phi) is 4.13. The fourth-order valence-electron chi connectivity index (χ4n) is 2.42. The van der Waals surface area contributed by atoms with Crippen molar-refractivity contribution in [3.8, 4) is 0 Å². The molecule has 0 saturated heterocycles. The summed E-state index contributed by atoms with van der Waals surface area (Å²) in [6, 6.07) is 0.971. The molecule has 1 N–H and O–H groups in total. The quantitative estimate of drug-likeness (QED) is 0.686. The van der Waals surface area contributed by atoms with Crippen LogP contribution in [0, 0.1) is 0 Å². The van der Waals surface area contributed by atoms with Crippen LogP contribution in [0.3, 0.4) is 0 Å². The van der Waals surface area contributed by atoms with Crippen molar-refractivity contribution >= 4 is 49.3 Å². The zero-order chi connectivity index (χ0) is 17.6. The molecule has 0 aromatic carbocycles. The van der Waals surface area contributed by atoms with Gasteiger partial charge in [-0.25, -0.2) is 4.79 Å². The monoisotopic (exact) mass is 412 g/mol. The van der Waals surface area contributed by atoms with Gasteiger partial charge in [0.1, 0.15) is 11.6 Å². The first-order valence-electron chi connectivity index (χ1n) is 6.87. The van der Waals surface area contributed by atoms with E-state index in [1.54, 1.807) is 30.8 Å². The molecule has 1 atom stereocenters. The molecule has 126 valence electrons. The highest BCUT2D eigenvalue weighted by molar-refractivity contribution is 9.11. The van der Waals surface area contributed by atoms with E-state index in [1.807, 2.05) is 0 Å². The highest BCUT2D eigenvalue weighted by Crippen LogP contribution is 2.22. The number of rotatable bonds is 3. The highest BCUT2D eigenvalue weighted by atomic mass is 79.9. The normalized spacial score (nSPS) is 12.5. The maximum atomic E-state index is 12.4. The van der Waals surface area contributed by atoms with Gasteiger partial charge in [-0.1, -0.05) is 11.3 Å². The largest absolute Gasteiger partial charge is 0.331 e. The Morgan fingerprint density at radius 3 is 2.62 bits per heavy atom. The highest BCUT2D eigenvalue weighted by Gasteiger charge is 2.21.